The molecule has 0 aromatic rings. The number of likely N-dealkylation sites (tertiary alicyclic amines) is 1. The molecular formula is C19H30N2O4. The van der Waals surface area contributed by atoms with E-state index in [1.165, 1.54) is 7.11 Å². The monoisotopic (exact) mass is 350 g/mol. The molecule has 6 nitrogen and oxygen atoms in total. The van der Waals surface area contributed by atoms with Crippen LogP contribution in [0.4, 0.5) is 0 Å². The van der Waals surface area contributed by atoms with Crippen LogP contribution in [0.3, 0.4) is 0 Å². The second-order valence-corrected chi connectivity index (χ2v) is 8.14. The van der Waals surface area contributed by atoms with Crippen molar-refractivity contribution in [3.8, 4) is 0 Å². The normalized spacial score (nSPS) is 32.8. The molecule has 2 saturated carbocycles. The Balaban J connectivity index is 1.64. The topological polar surface area (TPSA) is 75.7 Å². The molecule has 0 bridgehead atoms. The zero-order valence-corrected chi connectivity index (χ0v) is 15.4. The summed E-state index contributed by atoms with van der Waals surface area (Å²) >= 11 is 0. The van der Waals surface area contributed by atoms with Gasteiger partial charge in [-0.1, -0.05) is 6.92 Å². The zero-order chi connectivity index (χ0) is 18.0. The Kier molecular flexibility index (Phi) is 5.35. The van der Waals surface area contributed by atoms with Crippen LogP contribution in [0, 0.1) is 17.8 Å². The maximum atomic E-state index is 12.9. The molecule has 0 aromatic carbocycles. The molecule has 1 saturated heterocycles. The quantitative estimate of drug-likeness (QED) is 0.786. The lowest BCUT2D eigenvalue weighted by atomic mass is 9.76. The molecule has 140 valence electrons. The van der Waals surface area contributed by atoms with E-state index in [-0.39, 0.29) is 29.6 Å². The van der Waals surface area contributed by atoms with Gasteiger partial charge in [-0.2, -0.15) is 0 Å². The third kappa shape index (κ3) is 3.98. The molecule has 3 rings (SSSR count). The van der Waals surface area contributed by atoms with Crippen molar-refractivity contribution < 1.29 is 19.1 Å². The summed E-state index contributed by atoms with van der Waals surface area (Å²) < 4.78 is 5.00. The molecule has 0 radical (unpaired) electrons. The first-order chi connectivity index (χ1) is 11.9. The van der Waals surface area contributed by atoms with E-state index in [0.29, 0.717) is 25.3 Å². The Morgan fingerprint density at radius 1 is 1.04 bits per heavy atom. The fraction of sp³-hybridized carbons (Fsp3) is 0.842. The molecule has 3 aliphatic rings. The molecule has 1 N–H and O–H groups in total. The lowest BCUT2D eigenvalue weighted by Gasteiger charge is -2.39. The molecule has 1 heterocycles. The summed E-state index contributed by atoms with van der Waals surface area (Å²) in [5, 5.41) is 3.03. The molecule has 0 aromatic heterocycles. The molecular weight excluding hydrogens is 320 g/mol. The average molecular weight is 350 g/mol. The predicted molar refractivity (Wildman–Crippen MR) is 92.5 cm³/mol. The summed E-state index contributed by atoms with van der Waals surface area (Å²) in [5.74, 6) is 0.283. The van der Waals surface area contributed by atoms with Crippen LogP contribution in [0.1, 0.15) is 58.3 Å². The van der Waals surface area contributed by atoms with Crippen LogP contribution < -0.4 is 5.32 Å². The van der Waals surface area contributed by atoms with Crippen molar-refractivity contribution in [1.29, 1.82) is 0 Å². The second-order valence-electron chi connectivity index (χ2n) is 8.14. The molecule has 25 heavy (non-hydrogen) atoms. The Hall–Kier alpha value is -1.59. The fourth-order valence-electron chi connectivity index (χ4n) is 4.15. The highest BCUT2D eigenvalue weighted by molar-refractivity contribution is 5.90. The van der Waals surface area contributed by atoms with Crippen molar-refractivity contribution >= 4 is 17.8 Å². The van der Waals surface area contributed by atoms with Crippen molar-refractivity contribution in [3.05, 3.63) is 0 Å². The van der Waals surface area contributed by atoms with E-state index in [4.69, 9.17) is 4.74 Å². The van der Waals surface area contributed by atoms with Gasteiger partial charge in [-0.3, -0.25) is 9.59 Å². The first kappa shape index (κ1) is 18.2. The van der Waals surface area contributed by atoms with Gasteiger partial charge in [0.2, 0.25) is 11.8 Å². The summed E-state index contributed by atoms with van der Waals surface area (Å²) in [5.41, 5.74) is -0.888. The lowest BCUT2D eigenvalue weighted by Crippen LogP contribution is -2.59. The van der Waals surface area contributed by atoms with Gasteiger partial charge in [0.1, 0.15) is 5.54 Å². The lowest BCUT2D eigenvalue weighted by molar-refractivity contribution is -0.154. The Labute approximate surface area is 149 Å². The van der Waals surface area contributed by atoms with Gasteiger partial charge in [-0.25, -0.2) is 4.79 Å². The Bertz CT molecular complexity index is 536. The summed E-state index contributed by atoms with van der Waals surface area (Å²) in [7, 11) is 1.38. The number of ether oxygens (including phenoxy) is 1. The van der Waals surface area contributed by atoms with E-state index in [1.807, 2.05) is 4.90 Å². The minimum Gasteiger partial charge on any atom is -0.467 e. The number of esters is 1. The number of carbonyl (C=O) groups is 3. The molecule has 1 aliphatic heterocycles. The fourth-order valence-corrected chi connectivity index (χ4v) is 4.15. The summed E-state index contributed by atoms with van der Waals surface area (Å²) in [4.78, 5) is 39.4. The van der Waals surface area contributed by atoms with Crippen LogP contribution in [0.2, 0.25) is 0 Å². The van der Waals surface area contributed by atoms with Gasteiger partial charge in [0.25, 0.3) is 0 Å². The number of piperidine rings is 1. The minimum atomic E-state index is -0.888. The number of amides is 2. The number of nitrogens with one attached hydrogen (secondary N) is 1. The molecule has 0 unspecified atom stereocenters. The largest absolute Gasteiger partial charge is 0.467 e. The van der Waals surface area contributed by atoms with Gasteiger partial charge < -0.3 is 15.0 Å². The van der Waals surface area contributed by atoms with Crippen LogP contribution >= 0.6 is 0 Å². The molecule has 0 spiro atoms. The first-order valence-corrected chi connectivity index (χ1v) is 9.64. The highest BCUT2D eigenvalue weighted by Gasteiger charge is 2.45. The van der Waals surface area contributed by atoms with E-state index in [2.05, 4.69) is 12.2 Å². The summed E-state index contributed by atoms with van der Waals surface area (Å²) in [6, 6.07) is 0. The van der Waals surface area contributed by atoms with E-state index < -0.39 is 5.54 Å². The van der Waals surface area contributed by atoms with Crippen molar-refractivity contribution in [3.63, 3.8) is 0 Å². The van der Waals surface area contributed by atoms with Crippen LogP contribution in [-0.2, 0) is 19.1 Å². The zero-order valence-electron chi connectivity index (χ0n) is 15.4. The van der Waals surface area contributed by atoms with E-state index in [0.717, 1.165) is 45.1 Å². The van der Waals surface area contributed by atoms with E-state index in [9.17, 15) is 14.4 Å². The van der Waals surface area contributed by atoms with Gasteiger partial charge in [0, 0.05) is 19.0 Å². The van der Waals surface area contributed by atoms with E-state index >= 15 is 0 Å². The standard InChI is InChI=1S/C19H30N2O4/c1-13-7-9-19(10-8-13,18(24)25-2)20-16(22)15-4-3-11-21(12-15)17(23)14-5-6-14/h13-15H,3-12H2,1-2H3,(H,20,22)/t13?,15-,19?/m0/s1. The maximum absolute atomic E-state index is 12.9. The van der Waals surface area contributed by atoms with Crippen molar-refractivity contribution in [2.75, 3.05) is 20.2 Å². The number of nitrogens with zero attached hydrogens (tertiary/aromatic N) is 1. The maximum Gasteiger partial charge on any atom is 0.331 e. The van der Waals surface area contributed by atoms with Crippen LogP contribution in [0.25, 0.3) is 0 Å². The molecule has 3 fully saturated rings. The van der Waals surface area contributed by atoms with E-state index in [1.54, 1.807) is 0 Å². The van der Waals surface area contributed by atoms with Crippen LogP contribution in [0.5, 0.6) is 0 Å². The average Bonchev–Trinajstić information content (AvgIpc) is 3.47. The second kappa shape index (κ2) is 7.34. The minimum absolute atomic E-state index is 0.103. The number of carbonyl (C=O) groups excluding carboxylic acids is 3. The predicted octanol–water partition coefficient (Wildman–Crippen LogP) is 1.87. The third-order valence-electron chi connectivity index (χ3n) is 6.10. The Morgan fingerprint density at radius 3 is 2.32 bits per heavy atom. The molecule has 6 heteroatoms. The number of methoxy groups -OCH3 is 1. The first-order valence-electron chi connectivity index (χ1n) is 9.64. The van der Waals surface area contributed by atoms with Crippen LogP contribution in [0.15, 0.2) is 0 Å². The van der Waals surface area contributed by atoms with Gasteiger partial charge in [0.15, 0.2) is 0 Å². The van der Waals surface area contributed by atoms with Crippen LogP contribution in [-0.4, -0.2) is 48.4 Å². The van der Waals surface area contributed by atoms with Gasteiger partial charge in [0.05, 0.1) is 13.0 Å². The summed E-state index contributed by atoms with van der Waals surface area (Å²) in [6.45, 7) is 3.40. The molecule has 2 amide bonds. The summed E-state index contributed by atoms with van der Waals surface area (Å²) in [6.07, 6.45) is 6.66. The van der Waals surface area contributed by atoms with Gasteiger partial charge in [-0.15, -0.1) is 0 Å². The SMILES string of the molecule is COC(=O)C1(NC(=O)[C@H]2CCCN(C(=O)C3CC3)C2)CCC(C)CC1. The molecule has 1 atom stereocenters. The van der Waals surface area contributed by atoms with Crippen molar-refractivity contribution in [2.45, 2.75) is 63.8 Å². The van der Waals surface area contributed by atoms with Crippen molar-refractivity contribution in [2.24, 2.45) is 17.8 Å². The number of hydrogen-bond acceptors (Lipinski definition) is 4. The van der Waals surface area contributed by atoms with Gasteiger partial charge >= 0.3 is 5.97 Å². The third-order valence-corrected chi connectivity index (χ3v) is 6.10. The number of hydrogen-bond donors (Lipinski definition) is 1. The number of rotatable bonds is 4. The highest BCUT2D eigenvalue weighted by atomic mass is 16.5. The molecule has 2 aliphatic carbocycles. The van der Waals surface area contributed by atoms with Gasteiger partial charge in [-0.05, 0) is 57.3 Å². The Morgan fingerprint density at radius 2 is 1.72 bits per heavy atom. The van der Waals surface area contributed by atoms with Crippen molar-refractivity contribution in [1.82, 2.24) is 10.2 Å². The smallest absolute Gasteiger partial charge is 0.331 e. The highest BCUT2D eigenvalue weighted by Crippen LogP contribution is 2.35.